The minimum atomic E-state index is 0.567. The Kier molecular flexibility index (Phi) is 3.60. The molecule has 0 aliphatic heterocycles. The van der Waals surface area contributed by atoms with Gasteiger partial charge < -0.3 is 0 Å². The maximum absolute atomic E-state index is 5.73. The molecule has 0 fully saturated rings. The van der Waals surface area contributed by atoms with Crippen molar-refractivity contribution >= 4 is 11.6 Å². The van der Waals surface area contributed by atoms with E-state index in [9.17, 15) is 0 Å². The molecular formula is C9H15ClN2. The molecule has 0 aliphatic carbocycles. The molecule has 0 unspecified atom stereocenters. The maximum atomic E-state index is 5.73. The lowest BCUT2D eigenvalue weighted by atomic mass is 10.3. The molecule has 0 radical (unpaired) electrons. The molecule has 0 amide bonds. The molecule has 0 aromatic carbocycles. The highest BCUT2D eigenvalue weighted by Crippen LogP contribution is 2.08. The van der Waals surface area contributed by atoms with Gasteiger partial charge in [-0.1, -0.05) is 13.3 Å². The first-order valence-corrected chi connectivity index (χ1v) is 4.90. The summed E-state index contributed by atoms with van der Waals surface area (Å²) in [5, 5.41) is 4.35. The smallest absolute Gasteiger partial charge is 0.0637 e. The Morgan fingerprint density at radius 1 is 1.58 bits per heavy atom. The largest absolute Gasteiger partial charge is 0.272 e. The van der Waals surface area contributed by atoms with E-state index >= 15 is 0 Å². The average Bonchev–Trinajstić information content (AvgIpc) is 2.43. The number of unbranched alkanes of at least 4 members (excludes halogenated alkanes) is 1. The van der Waals surface area contributed by atoms with Crippen molar-refractivity contribution in [3.05, 3.63) is 17.5 Å². The van der Waals surface area contributed by atoms with Crippen LogP contribution in [0.3, 0.4) is 0 Å². The van der Waals surface area contributed by atoms with Crippen LogP contribution in [0.25, 0.3) is 0 Å². The maximum Gasteiger partial charge on any atom is 0.0637 e. The van der Waals surface area contributed by atoms with Gasteiger partial charge in [0, 0.05) is 18.3 Å². The quantitative estimate of drug-likeness (QED) is 0.662. The third-order valence-corrected chi connectivity index (χ3v) is 2.22. The molecule has 68 valence electrons. The first kappa shape index (κ1) is 9.59. The van der Waals surface area contributed by atoms with E-state index in [1.54, 1.807) is 0 Å². The number of rotatable bonds is 4. The Morgan fingerprint density at radius 3 is 2.83 bits per heavy atom. The van der Waals surface area contributed by atoms with Crippen LogP contribution in [0.15, 0.2) is 6.20 Å². The molecule has 0 saturated heterocycles. The molecule has 0 spiro atoms. The number of halogens is 1. The van der Waals surface area contributed by atoms with Gasteiger partial charge in [0.15, 0.2) is 0 Å². The normalized spacial score (nSPS) is 10.6. The van der Waals surface area contributed by atoms with Crippen molar-refractivity contribution in [3.8, 4) is 0 Å². The number of nitrogens with zero attached hydrogens (tertiary/aromatic N) is 2. The fourth-order valence-electron chi connectivity index (χ4n) is 1.12. The molecule has 1 rings (SSSR count). The molecule has 1 aromatic rings. The zero-order valence-corrected chi connectivity index (χ0v) is 8.43. The van der Waals surface area contributed by atoms with Gasteiger partial charge in [0.2, 0.25) is 0 Å². The van der Waals surface area contributed by atoms with E-state index in [1.807, 2.05) is 17.8 Å². The first-order valence-electron chi connectivity index (χ1n) is 4.36. The van der Waals surface area contributed by atoms with Crippen molar-refractivity contribution in [2.45, 2.75) is 39.1 Å². The average molecular weight is 187 g/mol. The third kappa shape index (κ3) is 2.24. The van der Waals surface area contributed by atoms with Crippen LogP contribution >= 0.6 is 11.6 Å². The summed E-state index contributed by atoms with van der Waals surface area (Å²) in [6, 6.07) is 0. The highest BCUT2D eigenvalue weighted by Gasteiger charge is 2.01. The number of aryl methyl sites for hydroxylation is 2. The van der Waals surface area contributed by atoms with Crippen LogP contribution < -0.4 is 0 Å². The van der Waals surface area contributed by atoms with E-state index in [0.717, 1.165) is 17.8 Å². The van der Waals surface area contributed by atoms with E-state index in [4.69, 9.17) is 11.6 Å². The lowest BCUT2D eigenvalue weighted by Gasteiger charge is -1.96. The zero-order valence-electron chi connectivity index (χ0n) is 7.68. The van der Waals surface area contributed by atoms with Crippen molar-refractivity contribution in [2.75, 3.05) is 0 Å². The van der Waals surface area contributed by atoms with E-state index < -0.39 is 0 Å². The van der Waals surface area contributed by atoms with E-state index in [1.165, 1.54) is 12.8 Å². The third-order valence-electron chi connectivity index (χ3n) is 1.93. The van der Waals surface area contributed by atoms with Gasteiger partial charge in [0.1, 0.15) is 0 Å². The Labute approximate surface area is 78.5 Å². The summed E-state index contributed by atoms with van der Waals surface area (Å²) in [6.45, 7) is 5.19. The van der Waals surface area contributed by atoms with Crippen LogP contribution in [0.4, 0.5) is 0 Å². The number of alkyl halides is 1. The van der Waals surface area contributed by atoms with Gasteiger partial charge in [-0.25, -0.2) is 0 Å². The summed E-state index contributed by atoms with van der Waals surface area (Å²) in [5.41, 5.74) is 2.20. The van der Waals surface area contributed by atoms with Crippen molar-refractivity contribution in [3.63, 3.8) is 0 Å². The predicted molar refractivity (Wildman–Crippen MR) is 51.4 cm³/mol. The molecule has 1 aromatic heterocycles. The second-order valence-electron chi connectivity index (χ2n) is 2.99. The summed E-state index contributed by atoms with van der Waals surface area (Å²) in [7, 11) is 0. The van der Waals surface area contributed by atoms with Crippen molar-refractivity contribution in [1.82, 2.24) is 9.78 Å². The number of hydrogen-bond acceptors (Lipinski definition) is 1. The molecule has 1 heterocycles. The lowest BCUT2D eigenvalue weighted by Crippen LogP contribution is -1.97. The Bertz CT molecular complexity index is 243. The van der Waals surface area contributed by atoms with Gasteiger partial charge in [-0.3, -0.25) is 4.68 Å². The second-order valence-corrected chi connectivity index (χ2v) is 3.26. The van der Waals surface area contributed by atoms with Gasteiger partial charge >= 0.3 is 0 Å². The molecule has 0 aliphatic rings. The van der Waals surface area contributed by atoms with Gasteiger partial charge in [-0.15, -0.1) is 11.6 Å². The molecule has 0 atom stereocenters. The van der Waals surface area contributed by atoms with Gasteiger partial charge in [0.05, 0.1) is 11.6 Å². The minimum absolute atomic E-state index is 0.567. The van der Waals surface area contributed by atoms with Gasteiger partial charge in [0.25, 0.3) is 0 Å². The van der Waals surface area contributed by atoms with Crippen LogP contribution in [-0.2, 0) is 12.4 Å². The van der Waals surface area contributed by atoms with Gasteiger partial charge in [-0.2, -0.15) is 5.10 Å². The van der Waals surface area contributed by atoms with Crippen LogP contribution in [0.2, 0.25) is 0 Å². The van der Waals surface area contributed by atoms with Gasteiger partial charge in [-0.05, 0) is 13.3 Å². The predicted octanol–water partition coefficient (Wildman–Crippen LogP) is 2.73. The monoisotopic (exact) mass is 186 g/mol. The van der Waals surface area contributed by atoms with Crippen molar-refractivity contribution < 1.29 is 0 Å². The summed E-state index contributed by atoms with van der Waals surface area (Å²) in [6.07, 6.45) is 4.43. The Hall–Kier alpha value is -0.500. The number of aromatic nitrogens is 2. The molecule has 0 saturated carbocycles. The summed E-state index contributed by atoms with van der Waals surface area (Å²) in [5.74, 6) is 0.567. The van der Waals surface area contributed by atoms with Crippen LogP contribution in [0, 0.1) is 6.92 Å². The fourth-order valence-corrected chi connectivity index (χ4v) is 1.39. The van der Waals surface area contributed by atoms with E-state index in [-0.39, 0.29) is 0 Å². The molecule has 3 heteroatoms. The molecule has 0 N–H and O–H groups in total. The molecule has 0 bridgehead atoms. The summed E-state index contributed by atoms with van der Waals surface area (Å²) in [4.78, 5) is 0. The van der Waals surface area contributed by atoms with Crippen molar-refractivity contribution in [1.29, 1.82) is 0 Å². The van der Waals surface area contributed by atoms with Crippen molar-refractivity contribution in [2.24, 2.45) is 0 Å². The zero-order chi connectivity index (χ0) is 8.97. The minimum Gasteiger partial charge on any atom is -0.272 e. The molecule has 2 nitrogen and oxygen atoms in total. The highest BCUT2D eigenvalue weighted by atomic mass is 35.5. The van der Waals surface area contributed by atoms with Crippen LogP contribution in [-0.4, -0.2) is 9.78 Å². The summed E-state index contributed by atoms with van der Waals surface area (Å²) < 4.78 is 1.98. The first-order chi connectivity index (χ1) is 5.77. The SMILES string of the molecule is CCCCn1cc(CCl)c(C)n1. The number of hydrogen-bond donors (Lipinski definition) is 0. The lowest BCUT2D eigenvalue weighted by molar-refractivity contribution is 0.568. The van der Waals surface area contributed by atoms with E-state index in [0.29, 0.717) is 5.88 Å². The Morgan fingerprint density at radius 2 is 2.33 bits per heavy atom. The molecular weight excluding hydrogens is 172 g/mol. The second kappa shape index (κ2) is 4.51. The standard InChI is InChI=1S/C9H15ClN2/c1-3-4-5-12-7-9(6-10)8(2)11-12/h7H,3-6H2,1-2H3. The topological polar surface area (TPSA) is 17.8 Å². The highest BCUT2D eigenvalue weighted by molar-refractivity contribution is 6.17. The summed E-state index contributed by atoms with van der Waals surface area (Å²) >= 11 is 5.73. The van der Waals surface area contributed by atoms with Crippen LogP contribution in [0.5, 0.6) is 0 Å². The Balaban J connectivity index is 2.62. The molecule has 12 heavy (non-hydrogen) atoms. The van der Waals surface area contributed by atoms with Crippen LogP contribution in [0.1, 0.15) is 31.0 Å². The fraction of sp³-hybridized carbons (Fsp3) is 0.667. The van der Waals surface area contributed by atoms with E-state index in [2.05, 4.69) is 12.0 Å².